The van der Waals surface area contributed by atoms with Crippen LogP contribution in [0.2, 0.25) is 0 Å². The lowest BCUT2D eigenvalue weighted by Crippen LogP contribution is -2.30. The zero-order valence-electron chi connectivity index (χ0n) is 8.45. The van der Waals surface area contributed by atoms with Crippen LogP contribution in [-0.2, 0) is 0 Å². The lowest BCUT2D eigenvalue weighted by atomic mass is 9.96. The van der Waals surface area contributed by atoms with E-state index in [9.17, 15) is 0 Å². The summed E-state index contributed by atoms with van der Waals surface area (Å²) in [6, 6.07) is 0. The standard InChI is InChI=1S/C9H17N5/c1-14-4-2-3-7(6-14)8-5-11-9(12-8)13-10/h5,7H,2-4,6,10H2,1H3,(H2,11,12,13). The van der Waals surface area contributed by atoms with Crippen molar-refractivity contribution < 1.29 is 0 Å². The summed E-state index contributed by atoms with van der Waals surface area (Å²) >= 11 is 0. The number of nitrogen functional groups attached to an aromatic ring is 1. The van der Waals surface area contributed by atoms with Crippen LogP contribution in [0, 0.1) is 0 Å². The highest BCUT2D eigenvalue weighted by atomic mass is 15.3. The summed E-state index contributed by atoms with van der Waals surface area (Å²) in [6.07, 6.45) is 4.36. The van der Waals surface area contributed by atoms with Crippen LogP contribution < -0.4 is 11.3 Å². The quantitative estimate of drug-likeness (QED) is 0.475. The molecule has 4 N–H and O–H groups in total. The highest BCUT2D eigenvalue weighted by molar-refractivity contribution is 5.25. The number of likely N-dealkylation sites (N-methyl/N-ethyl adjacent to an activating group) is 1. The minimum atomic E-state index is 0.573. The Kier molecular flexibility index (Phi) is 2.69. The van der Waals surface area contributed by atoms with Crippen molar-refractivity contribution >= 4 is 5.95 Å². The maximum Gasteiger partial charge on any atom is 0.214 e. The van der Waals surface area contributed by atoms with Crippen molar-refractivity contribution in [3.05, 3.63) is 11.9 Å². The first-order chi connectivity index (χ1) is 6.79. The maximum absolute atomic E-state index is 5.27. The molecule has 1 unspecified atom stereocenters. The molecular formula is C9H17N5. The molecule has 0 aromatic carbocycles. The molecule has 1 atom stereocenters. The van der Waals surface area contributed by atoms with Crippen LogP contribution in [0.15, 0.2) is 6.20 Å². The molecule has 1 aliphatic heterocycles. The molecule has 0 amide bonds. The van der Waals surface area contributed by atoms with Crippen molar-refractivity contribution in [3.63, 3.8) is 0 Å². The van der Waals surface area contributed by atoms with Gasteiger partial charge in [0, 0.05) is 18.2 Å². The van der Waals surface area contributed by atoms with Crippen LogP contribution in [0.5, 0.6) is 0 Å². The van der Waals surface area contributed by atoms with Gasteiger partial charge >= 0.3 is 0 Å². The predicted molar refractivity (Wildman–Crippen MR) is 55.9 cm³/mol. The summed E-state index contributed by atoms with van der Waals surface area (Å²) < 4.78 is 0. The number of hydrazine groups is 1. The van der Waals surface area contributed by atoms with E-state index in [1.165, 1.54) is 25.1 Å². The number of H-pyrrole nitrogens is 1. The minimum absolute atomic E-state index is 0.573. The second-order valence-electron chi connectivity index (χ2n) is 3.93. The summed E-state index contributed by atoms with van der Waals surface area (Å²) in [5.41, 5.74) is 3.70. The number of aromatic nitrogens is 2. The van der Waals surface area contributed by atoms with E-state index in [0.717, 1.165) is 6.54 Å². The van der Waals surface area contributed by atoms with Crippen LogP contribution in [0.25, 0.3) is 0 Å². The number of nitrogens with zero attached hydrogens (tertiary/aromatic N) is 2. The van der Waals surface area contributed by atoms with Crippen LogP contribution in [0.3, 0.4) is 0 Å². The van der Waals surface area contributed by atoms with Crippen molar-refractivity contribution in [2.24, 2.45) is 5.84 Å². The van der Waals surface area contributed by atoms with E-state index in [0.29, 0.717) is 11.9 Å². The molecule has 1 fully saturated rings. The van der Waals surface area contributed by atoms with E-state index in [4.69, 9.17) is 5.84 Å². The Bertz CT molecular complexity index is 295. The molecule has 2 rings (SSSR count). The molecule has 2 heterocycles. The lowest BCUT2D eigenvalue weighted by molar-refractivity contribution is 0.249. The van der Waals surface area contributed by atoms with Gasteiger partial charge in [-0.3, -0.25) is 5.43 Å². The van der Waals surface area contributed by atoms with Crippen LogP contribution >= 0.6 is 0 Å². The molecule has 14 heavy (non-hydrogen) atoms. The second kappa shape index (κ2) is 3.98. The van der Waals surface area contributed by atoms with Crippen molar-refractivity contribution in [3.8, 4) is 0 Å². The van der Waals surface area contributed by atoms with Gasteiger partial charge in [-0.1, -0.05) is 0 Å². The van der Waals surface area contributed by atoms with E-state index in [1.807, 2.05) is 6.20 Å². The Morgan fingerprint density at radius 2 is 2.57 bits per heavy atom. The fourth-order valence-corrected chi connectivity index (χ4v) is 2.04. The van der Waals surface area contributed by atoms with E-state index in [1.54, 1.807) is 0 Å². The monoisotopic (exact) mass is 195 g/mol. The Balaban J connectivity index is 2.06. The summed E-state index contributed by atoms with van der Waals surface area (Å²) in [6.45, 7) is 2.30. The molecule has 0 radical (unpaired) electrons. The van der Waals surface area contributed by atoms with Gasteiger partial charge in [0.2, 0.25) is 5.95 Å². The van der Waals surface area contributed by atoms with Gasteiger partial charge in [0.15, 0.2) is 0 Å². The third-order valence-corrected chi connectivity index (χ3v) is 2.80. The SMILES string of the molecule is CN1CCCC(c2cnc(NN)[nH]2)C1. The molecule has 78 valence electrons. The Morgan fingerprint density at radius 3 is 3.21 bits per heavy atom. The fourth-order valence-electron chi connectivity index (χ4n) is 2.04. The van der Waals surface area contributed by atoms with Gasteiger partial charge in [0.25, 0.3) is 0 Å². The number of hydrogen-bond acceptors (Lipinski definition) is 4. The molecule has 0 spiro atoms. The van der Waals surface area contributed by atoms with E-state index >= 15 is 0 Å². The molecule has 5 nitrogen and oxygen atoms in total. The number of rotatable bonds is 2. The Labute approximate surface area is 83.7 Å². The summed E-state index contributed by atoms with van der Waals surface area (Å²) in [4.78, 5) is 9.66. The van der Waals surface area contributed by atoms with Gasteiger partial charge < -0.3 is 9.88 Å². The van der Waals surface area contributed by atoms with Gasteiger partial charge in [-0.2, -0.15) is 0 Å². The second-order valence-corrected chi connectivity index (χ2v) is 3.93. The maximum atomic E-state index is 5.27. The molecular weight excluding hydrogens is 178 g/mol. The van der Waals surface area contributed by atoms with Crippen molar-refractivity contribution in [2.75, 3.05) is 25.6 Å². The largest absolute Gasteiger partial charge is 0.327 e. The molecule has 5 heteroatoms. The number of nitrogens with two attached hydrogens (primary N) is 1. The summed E-state index contributed by atoms with van der Waals surface area (Å²) in [7, 11) is 2.16. The minimum Gasteiger partial charge on any atom is -0.327 e. The number of hydrogen-bond donors (Lipinski definition) is 3. The topological polar surface area (TPSA) is 70.0 Å². The summed E-state index contributed by atoms with van der Waals surface area (Å²) in [5, 5.41) is 0. The van der Waals surface area contributed by atoms with E-state index in [2.05, 4.69) is 27.3 Å². The number of nitrogens with one attached hydrogen (secondary N) is 2. The Hall–Kier alpha value is -1.07. The third-order valence-electron chi connectivity index (χ3n) is 2.80. The predicted octanol–water partition coefficient (Wildman–Crippen LogP) is 0.504. The molecule has 1 aromatic rings. The average Bonchev–Trinajstić information content (AvgIpc) is 2.66. The lowest BCUT2D eigenvalue weighted by Gasteiger charge is -2.28. The van der Waals surface area contributed by atoms with E-state index < -0.39 is 0 Å². The third kappa shape index (κ3) is 1.88. The first-order valence-electron chi connectivity index (χ1n) is 4.99. The molecule has 1 saturated heterocycles. The van der Waals surface area contributed by atoms with Crippen LogP contribution in [0.4, 0.5) is 5.95 Å². The zero-order valence-corrected chi connectivity index (χ0v) is 8.45. The molecule has 0 aliphatic carbocycles. The first-order valence-corrected chi connectivity index (χ1v) is 4.99. The normalized spacial score (nSPS) is 23.7. The molecule has 0 saturated carbocycles. The number of piperidine rings is 1. The van der Waals surface area contributed by atoms with Crippen LogP contribution in [-0.4, -0.2) is 35.0 Å². The van der Waals surface area contributed by atoms with Crippen LogP contribution in [0.1, 0.15) is 24.5 Å². The smallest absolute Gasteiger partial charge is 0.214 e. The van der Waals surface area contributed by atoms with Crippen molar-refractivity contribution in [1.82, 2.24) is 14.9 Å². The first kappa shape index (κ1) is 9.48. The highest BCUT2D eigenvalue weighted by Gasteiger charge is 2.20. The fraction of sp³-hybridized carbons (Fsp3) is 0.667. The zero-order chi connectivity index (χ0) is 9.97. The van der Waals surface area contributed by atoms with Gasteiger partial charge in [-0.15, -0.1) is 0 Å². The molecule has 0 bridgehead atoms. The van der Waals surface area contributed by atoms with Gasteiger partial charge in [0.05, 0.1) is 6.20 Å². The molecule has 1 aliphatic rings. The van der Waals surface area contributed by atoms with Gasteiger partial charge in [0.1, 0.15) is 0 Å². The summed E-state index contributed by atoms with van der Waals surface area (Å²) in [5.74, 6) is 6.48. The molecule has 1 aromatic heterocycles. The number of likely N-dealkylation sites (tertiary alicyclic amines) is 1. The number of imidazole rings is 1. The Morgan fingerprint density at radius 1 is 1.71 bits per heavy atom. The van der Waals surface area contributed by atoms with Gasteiger partial charge in [-0.25, -0.2) is 10.8 Å². The van der Waals surface area contributed by atoms with Crippen molar-refractivity contribution in [1.29, 1.82) is 0 Å². The highest BCUT2D eigenvalue weighted by Crippen LogP contribution is 2.25. The number of anilines is 1. The van der Waals surface area contributed by atoms with Crippen molar-refractivity contribution in [2.45, 2.75) is 18.8 Å². The average molecular weight is 195 g/mol. The van der Waals surface area contributed by atoms with E-state index in [-0.39, 0.29) is 0 Å². The number of aromatic amines is 1. The van der Waals surface area contributed by atoms with Gasteiger partial charge in [-0.05, 0) is 26.4 Å².